The van der Waals surface area contributed by atoms with Gasteiger partial charge in [-0.05, 0) is 44.5 Å². The maximum absolute atomic E-state index is 12.9. The molecule has 0 spiro atoms. The average molecular weight is 423 g/mol. The Morgan fingerprint density at radius 3 is 2.77 bits per heavy atom. The van der Waals surface area contributed by atoms with Crippen LogP contribution >= 0.6 is 0 Å². The number of fused-ring (bicyclic) bond motifs is 1. The third-order valence-electron chi connectivity index (χ3n) is 5.73. The van der Waals surface area contributed by atoms with E-state index in [2.05, 4.69) is 10.2 Å². The minimum Gasteiger partial charge on any atom is -0.493 e. The number of carbonyl (C=O) groups is 1. The van der Waals surface area contributed by atoms with E-state index in [1.807, 2.05) is 0 Å². The van der Waals surface area contributed by atoms with E-state index >= 15 is 0 Å². The van der Waals surface area contributed by atoms with Gasteiger partial charge < -0.3 is 34.3 Å². The first-order chi connectivity index (χ1) is 14.6. The van der Waals surface area contributed by atoms with Crippen LogP contribution in [-0.4, -0.2) is 82.2 Å². The smallest absolute Gasteiger partial charge is 0.255 e. The highest BCUT2D eigenvalue weighted by molar-refractivity contribution is 5.98. The lowest BCUT2D eigenvalue weighted by atomic mass is 9.93. The normalized spacial score (nSPS) is 21.7. The van der Waals surface area contributed by atoms with Gasteiger partial charge in [-0.1, -0.05) is 0 Å². The number of unbranched alkanes of at least 4 members (excludes halogenated alkanes) is 1. The van der Waals surface area contributed by atoms with Gasteiger partial charge in [0.05, 0.1) is 32.0 Å². The Morgan fingerprint density at radius 1 is 1.23 bits per heavy atom. The van der Waals surface area contributed by atoms with Crippen LogP contribution in [0.25, 0.3) is 0 Å². The van der Waals surface area contributed by atoms with Crippen LogP contribution in [0.3, 0.4) is 0 Å². The number of methoxy groups -OCH3 is 2. The molecule has 0 aromatic heterocycles. The second-order valence-corrected chi connectivity index (χ2v) is 7.85. The maximum Gasteiger partial charge on any atom is 0.255 e. The minimum absolute atomic E-state index is 0.0400. The van der Waals surface area contributed by atoms with E-state index in [1.54, 1.807) is 26.4 Å². The maximum atomic E-state index is 12.9. The van der Waals surface area contributed by atoms with Crippen LogP contribution in [0.2, 0.25) is 0 Å². The molecule has 2 aliphatic heterocycles. The van der Waals surface area contributed by atoms with Crippen LogP contribution in [0.15, 0.2) is 12.1 Å². The molecule has 1 amide bonds. The number of piperidine rings is 1. The molecule has 0 bridgehead atoms. The molecule has 2 atom stereocenters. The number of benzene rings is 1. The molecule has 1 saturated heterocycles. The Morgan fingerprint density at radius 2 is 2.03 bits per heavy atom. The summed E-state index contributed by atoms with van der Waals surface area (Å²) >= 11 is 0. The van der Waals surface area contributed by atoms with Gasteiger partial charge in [0.15, 0.2) is 11.5 Å². The van der Waals surface area contributed by atoms with E-state index in [1.165, 1.54) is 0 Å². The van der Waals surface area contributed by atoms with Crippen molar-refractivity contribution in [1.82, 2.24) is 10.2 Å². The van der Waals surface area contributed by atoms with Crippen molar-refractivity contribution < 1.29 is 28.8 Å². The van der Waals surface area contributed by atoms with E-state index in [9.17, 15) is 9.90 Å². The molecule has 168 valence electrons. The van der Waals surface area contributed by atoms with Gasteiger partial charge >= 0.3 is 0 Å². The third-order valence-corrected chi connectivity index (χ3v) is 5.73. The Kier molecular flexibility index (Phi) is 8.60. The summed E-state index contributed by atoms with van der Waals surface area (Å²) in [5, 5.41) is 13.5. The van der Waals surface area contributed by atoms with Gasteiger partial charge in [0.1, 0.15) is 0 Å². The van der Waals surface area contributed by atoms with Crippen LogP contribution in [0, 0.1) is 5.92 Å². The molecule has 8 nitrogen and oxygen atoms in total. The zero-order valence-electron chi connectivity index (χ0n) is 18.0. The van der Waals surface area contributed by atoms with Crippen molar-refractivity contribution in [3.05, 3.63) is 17.7 Å². The first-order valence-corrected chi connectivity index (χ1v) is 10.8. The number of ether oxygens (including phenoxy) is 4. The number of nitrogens with zero attached hydrogens (tertiary/aromatic N) is 1. The molecule has 2 aliphatic rings. The zero-order chi connectivity index (χ0) is 21.3. The summed E-state index contributed by atoms with van der Waals surface area (Å²) in [6.07, 6.45) is 3.24. The van der Waals surface area contributed by atoms with Crippen LogP contribution in [0.5, 0.6) is 17.2 Å². The number of likely N-dealkylation sites (tertiary alicyclic amines) is 1. The molecule has 2 N–H and O–H groups in total. The van der Waals surface area contributed by atoms with Crippen molar-refractivity contribution in [1.29, 1.82) is 0 Å². The highest BCUT2D eigenvalue weighted by Crippen LogP contribution is 2.41. The van der Waals surface area contributed by atoms with Gasteiger partial charge in [0.2, 0.25) is 5.75 Å². The Balaban J connectivity index is 1.54. The van der Waals surface area contributed by atoms with Gasteiger partial charge in [0.25, 0.3) is 5.91 Å². The first kappa shape index (κ1) is 22.7. The number of hydrogen-bond donors (Lipinski definition) is 2. The van der Waals surface area contributed by atoms with Crippen molar-refractivity contribution in [2.45, 2.75) is 31.8 Å². The molecule has 1 aromatic rings. The fraction of sp³-hybridized carbons (Fsp3) is 0.682. The fourth-order valence-corrected chi connectivity index (χ4v) is 3.96. The minimum atomic E-state index is -0.450. The number of aliphatic hydroxyl groups excluding tert-OH is 1. The second kappa shape index (κ2) is 11.4. The molecule has 3 rings (SSSR count). The van der Waals surface area contributed by atoms with E-state index in [4.69, 9.17) is 18.9 Å². The van der Waals surface area contributed by atoms with Crippen molar-refractivity contribution in [2.75, 3.05) is 60.2 Å². The summed E-state index contributed by atoms with van der Waals surface area (Å²) in [6, 6.07) is 3.42. The summed E-state index contributed by atoms with van der Waals surface area (Å²) in [4.78, 5) is 15.1. The van der Waals surface area contributed by atoms with Crippen molar-refractivity contribution >= 4 is 5.91 Å². The molecular weight excluding hydrogens is 388 g/mol. The number of β-amino-alcohol motifs (C(OH)–C–C–N with tert-alkyl or cyclic N) is 1. The third kappa shape index (κ3) is 5.77. The summed E-state index contributed by atoms with van der Waals surface area (Å²) in [5.41, 5.74) is 0.428. The first-order valence-electron chi connectivity index (χ1n) is 10.8. The fourth-order valence-electron chi connectivity index (χ4n) is 3.96. The predicted octanol–water partition coefficient (Wildman–Crippen LogP) is 1.70. The van der Waals surface area contributed by atoms with Crippen LogP contribution in [0.1, 0.15) is 36.0 Å². The monoisotopic (exact) mass is 422 g/mol. The van der Waals surface area contributed by atoms with Gasteiger partial charge in [-0.3, -0.25) is 4.79 Å². The van der Waals surface area contributed by atoms with Gasteiger partial charge in [0, 0.05) is 39.1 Å². The topological polar surface area (TPSA) is 89.5 Å². The van der Waals surface area contributed by atoms with Gasteiger partial charge in [-0.2, -0.15) is 0 Å². The quantitative estimate of drug-likeness (QED) is 0.586. The number of hydrogen-bond acceptors (Lipinski definition) is 7. The molecular formula is C22H34N2O6. The molecule has 8 heteroatoms. The Hall–Kier alpha value is -2.03. The van der Waals surface area contributed by atoms with Crippen molar-refractivity contribution in [2.24, 2.45) is 5.92 Å². The molecule has 1 aromatic carbocycles. The van der Waals surface area contributed by atoms with Crippen LogP contribution in [-0.2, 0) is 4.74 Å². The van der Waals surface area contributed by atoms with Crippen molar-refractivity contribution in [3.63, 3.8) is 0 Å². The molecule has 0 aliphatic carbocycles. The number of rotatable bonds is 9. The van der Waals surface area contributed by atoms with Gasteiger partial charge in [-0.25, -0.2) is 0 Å². The summed E-state index contributed by atoms with van der Waals surface area (Å²) in [5.74, 6) is 1.27. The van der Waals surface area contributed by atoms with Crippen LogP contribution in [0.4, 0.5) is 0 Å². The number of aliphatic hydroxyl groups is 1. The highest BCUT2D eigenvalue weighted by atomic mass is 16.5. The number of amides is 1. The molecule has 0 radical (unpaired) electrons. The SMILES string of the molecule is COCCCCN1CC[C@@H](CNC(=O)c2ccc(OC)c3c2OCCCO3)[C@H](O)C1. The standard InChI is InChI=1S/C22H34N2O6/c1-27-11-4-3-9-24-10-8-16(18(25)15-24)14-23-22(26)17-6-7-19(28-2)21-20(17)29-12-5-13-30-21/h6-7,16,18,25H,3-5,8-15H2,1-2H3,(H,23,26)/t16-,18+/m0/s1. The largest absolute Gasteiger partial charge is 0.493 e. The predicted molar refractivity (Wildman–Crippen MR) is 113 cm³/mol. The van der Waals surface area contributed by atoms with E-state index in [0.717, 1.165) is 45.4 Å². The lowest BCUT2D eigenvalue weighted by Crippen LogP contribution is -2.47. The lowest BCUT2D eigenvalue weighted by Gasteiger charge is -2.36. The summed E-state index contributed by atoms with van der Waals surface area (Å²) < 4.78 is 22.0. The second-order valence-electron chi connectivity index (χ2n) is 7.85. The molecule has 0 saturated carbocycles. The Bertz CT molecular complexity index is 698. The summed E-state index contributed by atoms with van der Waals surface area (Å²) in [7, 11) is 3.28. The molecule has 30 heavy (non-hydrogen) atoms. The Labute approximate surface area is 178 Å². The van der Waals surface area contributed by atoms with E-state index in [0.29, 0.717) is 49.1 Å². The number of carbonyl (C=O) groups excluding carboxylic acids is 1. The van der Waals surface area contributed by atoms with Crippen LogP contribution < -0.4 is 19.5 Å². The number of nitrogens with one attached hydrogen (secondary N) is 1. The molecule has 1 fully saturated rings. The highest BCUT2D eigenvalue weighted by Gasteiger charge is 2.29. The summed E-state index contributed by atoms with van der Waals surface area (Å²) in [6.45, 7) is 4.75. The average Bonchev–Trinajstić information content (AvgIpc) is 3.01. The van der Waals surface area contributed by atoms with Gasteiger partial charge in [-0.15, -0.1) is 0 Å². The lowest BCUT2D eigenvalue weighted by molar-refractivity contribution is 0.0209. The van der Waals surface area contributed by atoms with E-state index < -0.39 is 6.10 Å². The zero-order valence-corrected chi connectivity index (χ0v) is 18.0. The molecule has 2 heterocycles. The van der Waals surface area contributed by atoms with Crippen molar-refractivity contribution in [3.8, 4) is 17.2 Å². The van der Waals surface area contributed by atoms with E-state index in [-0.39, 0.29) is 11.8 Å². The molecule has 0 unspecified atom stereocenters.